The number of ether oxygens (including phenoxy) is 3. The highest BCUT2D eigenvalue weighted by Crippen LogP contribution is 2.70. The molecule has 0 spiro atoms. The number of carbonyl (C=O) groups excluding carboxylic acids is 1. The third kappa shape index (κ3) is 1.42. The lowest BCUT2D eigenvalue weighted by atomic mass is 9.94. The number of esters is 1. The van der Waals surface area contributed by atoms with Crippen LogP contribution in [0.2, 0.25) is 0 Å². The van der Waals surface area contributed by atoms with E-state index in [1.165, 1.54) is 21.3 Å². The molecule has 6 nitrogen and oxygen atoms in total. The molecule has 0 aliphatic heterocycles. The molecular formula is C12H16O6. The van der Waals surface area contributed by atoms with Gasteiger partial charge in [-0.25, -0.2) is 4.79 Å². The van der Waals surface area contributed by atoms with Gasteiger partial charge in [-0.2, -0.15) is 0 Å². The first-order chi connectivity index (χ1) is 8.55. The Balaban J connectivity index is 2.36. The molecule has 0 saturated heterocycles. The largest absolute Gasteiger partial charge is 0.478 e. The molecule has 0 bridgehead atoms. The van der Waals surface area contributed by atoms with Gasteiger partial charge in [-0.15, -0.1) is 0 Å². The molecule has 0 aromatic rings. The van der Waals surface area contributed by atoms with Crippen molar-refractivity contribution in [3.05, 3.63) is 11.6 Å². The van der Waals surface area contributed by atoms with Crippen LogP contribution in [-0.2, 0) is 23.8 Å². The second-order valence-electron chi connectivity index (χ2n) is 4.49. The summed E-state index contributed by atoms with van der Waals surface area (Å²) >= 11 is 0. The molecule has 18 heavy (non-hydrogen) atoms. The lowest BCUT2D eigenvalue weighted by Gasteiger charge is -2.19. The van der Waals surface area contributed by atoms with Crippen molar-refractivity contribution in [2.75, 3.05) is 21.3 Å². The standard InChI is InChI=1S/C12H16O6/c1-16-10(17-2)8-6-4-5-7(9(13)14)12(6,8)11(15)18-3/h5-6,8,10H,4H2,1-3H3,(H,13,14)/t6-,8-,12-/m0/s1. The van der Waals surface area contributed by atoms with Gasteiger partial charge >= 0.3 is 11.9 Å². The molecule has 2 rings (SSSR count). The fourth-order valence-electron chi connectivity index (χ4n) is 3.24. The molecular weight excluding hydrogens is 240 g/mol. The summed E-state index contributed by atoms with van der Waals surface area (Å²) in [6.07, 6.45) is 1.52. The highest BCUT2D eigenvalue weighted by atomic mass is 16.7. The second-order valence-corrected chi connectivity index (χ2v) is 4.49. The van der Waals surface area contributed by atoms with Crippen molar-refractivity contribution in [3.63, 3.8) is 0 Å². The Hall–Kier alpha value is -1.40. The highest BCUT2D eigenvalue weighted by molar-refractivity contribution is 6.01. The Morgan fingerprint density at radius 2 is 2.00 bits per heavy atom. The van der Waals surface area contributed by atoms with Gasteiger partial charge in [-0.1, -0.05) is 6.08 Å². The summed E-state index contributed by atoms with van der Waals surface area (Å²) in [7, 11) is 4.20. The van der Waals surface area contributed by atoms with Gasteiger partial charge in [0.05, 0.1) is 12.7 Å². The Labute approximate surface area is 105 Å². The van der Waals surface area contributed by atoms with Crippen LogP contribution in [0.5, 0.6) is 0 Å². The zero-order chi connectivity index (χ0) is 13.5. The number of methoxy groups -OCH3 is 3. The molecule has 0 amide bonds. The molecule has 0 aromatic carbocycles. The minimum atomic E-state index is -1.10. The van der Waals surface area contributed by atoms with Crippen LogP contribution < -0.4 is 0 Å². The van der Waals surface area contributed by atoms with Gasteiger partial charge in [0.2, 0.25) is 0 Å². The molecule has 3 atom stereocenters. The summed E-state index contributed by atoms with van der Waals surface area (Å²) in [5.41, 5.74) is -1.000. The molecule has 1 N–H and O–H groups in total. The maximum Gasteiger partial charge on any atom is 0.332 e. The first-order valence-corrected chi connectivity index (χ1v) is 5.63. The summed E-state index contributed by atoms with van der Waals surface area (Å²) in [5.74, 6) is -2.02. The molecule has 100 valence electrons. The van der Waals surface area contributed by atoms with Crippen molar-refractivity contribution in [2.45, 2.75) is 12.7 Å². The minimum Gasteiger partial charge on any atom is -0.478 e. The number of carboxylic acids is 1. The topological polar surface area (TPSA) is 82.1 Å². The summed E-state index contributed by atoms with van der Waals surface area (Å²) in [5, 5.41) is 9.21. The van der Waals surface area contributed by atoms with Crippen LogP contribution in [0.15, 0.2) is 11.6 Å². The number of hydrogen-bond donors (Lipinski definition) is 1. The van der Waals surface area contributed by atoms with E-state index in [0.717, 1.165) is 0 Å². The van der Waals surface area contributed by atoms with Crippen molar-refractivity contribution in [2.24, 2.45) is 17.3 Å². The van der Waals surface area contributed by atoms with E-state index in [4.69, 9.17) is 14.2 Å². The number of allylic oxidation sites excluding steroid dienone is 1. The van der Waals surface area contributed by atoms with E-state index < -0.39 is 23.6 Å². The first kappa shape index (κ1) is 13.0. The van der Waals surface area contributed by atoms with Crippen molar-refractivity contribution in [1.29, 1.82) is 0 Å². The number of carbonyl (C=O) groups is 2. The third-order valence-electron chi connectivity index (χ3n) is 3.97. The van der Waals surface area contributed by atoms with Crippen molar-refractivity contribution in [3.8, 4) is 0 Å². The van der Waals surface area contributed by atoms with Gasteiger partial charge in [0.25, 0.3) is 0 Å². The maximum atomic E-state index is 12.0. The zero-order valence-electron chi connectivity index (χ0n) is 10.5. The lowest BCUT2D eigenvalue weighted by Crippen LogP contribution is -2.30. The Morgan fingerprint density at radius 1 is 1.39 bits per heavy atom. The lowest BCUT2D eigenvalue weighted by molar-refractivity contribution is -0.155. The summed E-state index contributed by atoms with van der Waals surface area (Å²) in [6.45, 7) is 0. The van der Waals surface area contributed by atoms with E-state index >= 15 is 0 Å². The van der Waals surface area contributed by atoms with Gasteiger partial charge in [-0.3, -0.25) is 4.79 Å². The van der Waals surface area contributed by atoms with E-state index in [2.05, 4.69) is 0 Å². The molecule has 2 aliphatic rings. The molecule has 6 heteroatoms. The molecule has 0 unspecified atom stereocenters. The average Bonchev–Trinajstić information content (AvgIpc) is 2.84. The zero-order valence-corrected chi connectivity index (χ0v) is 10.5. The molecule has 1 fully saturated rings. The highest BCUT2D eigenvalue weighted by Gasteiger charge is 2.77. The molecule has 1 saturated carbocycles. The molecule has 0 radical (unpaired) electrons. The average molecular weight is 256 g/mol. The number of carboxylic acid groups (broad SMARTS) is 1. The van der Waals surface area contributed by atoms with E-state index in [1.54, 1.807) is 6.08 Å². The number of hydrogen-bond acceptors (Lipinski definition) is 5. The Morgan fingerprint density at radius 3 is 2.44 bits per heavy atom. The van der Waals surface area contributed by atoms with Crippen molar-refractivity contribution in [1.82, 2.24) is 0 Å². The van der Waals surface area contributed by atoms with E-state index in [1.807, 2.05) is 0 Å². The summed E-state index contributed by atoms with van der Waals surface area (Å²) in [4.78, 5) is 23.3. The third-order valence-corrected chi connectivity index (χ3v) is 3.97. The van der Waals surface area contributed by atoms with E-state index in [-0.39, 0.29) is 17.4 Å². The quantitative estimate of drug-likeness (QED) is 0.567. The predicted molar refractivity (Wildman–Crippen MR) is 59.6 cm³/mol. The van der Waals surface area contributed by atoms with Crippen LogP contribution in [0.25, 0.3) is 0 Å². The summed E-state index contributed by atoms with van der Waals surface area (Å²) in [6, 6.07) is 0. The fourth-order valence-corrected chi connectivity index (χ4v) is 3.24. The Bertz CT molecular complexity index is 411. The monoisotopic (exact) mass is 256 g/mol. The summed E-state index contributed by atoms with van der Waals surface area (Å²) < 4.78 is 15.1. The SMILES string of the molecule is COC(=O)[C@]12C(C(=O)O)=CC[C@H]1[C@H]2C(OC)OC. The number of rotatable bonds is 5. The van der Waals surface area contributed by atoms with Gasteiger partial charge in [0.1, 0.15) is 5.41 Å². The fraction of sp³-hybridized carbons (Fsp3) is 0.667. The minimum absolute atomic E-state index is 0.100. The van der Waals surface area contributed by atoms with Crippen molar-refractivity contribution >= 4 is 11.9 Å². The van der Waals surface area contributed by atoms with Crippen LogP contribution in [0, 0.1) is 17.3 Å². The maximum absolute atomic E-state index is 12.0. The first-order valence-electron chi connectivity index (χ1n) is 5.63. The predicted octanol–water partition coefficient (Wildman–Crippen LogP) is 0.425. The van der Waals surface area contributed by atoms with E-state index in [9.17, 15) is 14.7 Å². The number of fused-ring (bicyclic) bond motifs is 1. The van der Waals surface area contributed by atoms with Gasteiger partial charge < -0.3 is 19.3 Å². The van der Waals surface area contributed by atoms with E-state index in [0.29, 0.717) is 6.42 Å². The normalized spacial score (nSPS) is 33.0. The van der Waals surface area contributed by atoms with Crippen LogP contribution in [0.1, 0.15) is 6.42 Å². The Kier molecular flexibility index (Phi) is 3.16. The van der Waals surface area contributed by atoms with Crippen molar-refractivity contribution < 1.29 is 28.9 Å². The molecule has 0 aromatic heterocycles. The smallest absolute Gasteiger partial charge is 0.332 e. The van der Waals surface area contributed by atoms with Gasteiger partial charge in [-0.05, 0) is 12.3 Å². The van der Waals surface area contributed by atoms with Crippen LogP contribution in [0.4, 0.5) is 0 Å². The molecule has 2 aliphatic carbocycles. The number of aliphatic carboxylic acids is 1. The van der Waals surface area contributed by atoms with Gasteiger partial charge in [0.15, 0.2) is 6.29 Å². The van der Waals surface area contributed by atoms with Crippen LogP contribution in [0.3, 0.4) is 0 Å². The van der Waals surface area contributed by atoms with Crippen LogP contribution >= 0.6 is 0 Å². The van der Waals surface area contributed by atoms with Crippen LogP contribution in [-0.4, -0.2) is 44.7 Å². The van der Waals surface area contributed by atoms with Gasteiger partial charge in [0, 0.05) is 20.1 Å². The second kappa shape index (κ2) is 4.37. The molecule has 0 heterocycles.